The van der Waals surface area contributed by atoms with Crippen LogP contribution < -0.4 is 5.32 Å². The lowest BCUT2D eigenvalue weighted by Gasteiger charge is -2.60. The lowest BCUT2D eigenvalue weighted by Crippen LogP contribution is -2.63. The molecule has 0 bridgehead atoms. The molecule has 3 saturated carbocycles. The molecule has 330 valence electrons. The van der Waals surface area contributed by atoms with E-state index in [2.05, 4.69) is 40.1 Å². The molecular weight excluding hydrogens is 705 g/mol. The van der Waals surface area contributed by atoms with Gasteiger partial charge in [-0.1, -0.05) is 162 Å². The van der Waals surface area contributed by atoms with Crippen LogP contribution >= 0.6 is 0 Å². The summed E-state index contributed by atoms with van der Waals surface area (Å²) in [5.74, 6) is 0.567. The Balaban J connectivity index is 1.24. The van der Waals surface area contributed by atoms with Crippen LogP contribution in [-0.4, -0.2) is 71.3 Å². The molecule has 0 unspecified atom stereocenters. The van der Waals surface area contributed by atoms with Gasteiger partial charge in [0.1, 0.15) is 5.60 Å². The maximum absolute atomic E-state index is 14.2. The number of aliphatic hydroxyl groups is 2. The molecule has 0 saturated heterocycles. The van der Waals surface area contributed by atoms with Gasteiger partial charge >= 0.3 is 0 Å². The first-order valence-electron chi connectivity index (χ1n) is 25.2. The molecule has 4 rings (SSSR count). The summed E-state index contributed by atoms with van der Waals surface area (Å²) in [7, 11) is 2.41. The average Bonchev–Trinajstić information content (AvgIpc) is 3.46. The van der Waals surface area contributed by atoms with E-state index in [1.165, 1.54) is 160 Å². The van der Waals surface area contributed by atoms with Gasteiger partial charge in [0.05, 0.1) is 39.3 Å². The number of ketones is 1. The van der Waals surface area contributed by atoms with Gasteiger partial charge in [-0.25, -0.2) is 0 Å². The minimum atomic E-state index is -1.46. The summed E-state index contributed by atoms with van der Waals surface area (Å²) >= 11 is 0. The van der Waals surface area contributed by atoms with E-state index in [1.54, 1.807) is 0 Å². The molecule has 3 N–H and O–H groups in total. The van der Waals surface area contributed by atoms with E-state index >= 15 is 0 Å². The van der Waals surface area contributed by atoms with Crippen LogP contribution in [0.25, 0.3) is 0 Å². The molecule has 1 amide bonds. The first-order valence-corrected chi connectivity index (χ1v) is 25.2. The van der Waals surface area contributed by atoms with Crippen LogP contribution in [0, 0.1) is 28.6 Å². The number of nitrogens with zero attached hydrogens (tertiary/aromatic N) is 1. The summed E-state index contributed by atoms with van der Waals surface area (Å²) in [6, 6.07) is 0. The second-order valence-electron chi connectivity index (χ2n) is 20.8. The molecule has 0 aromatic rings. The lowest BCUT2D eigenvalue weighted by atomic mass is 9.45. The van der Waals surface area contributed by atoms with Crippen molar-refractivity contribution in [3.63, 3.8) is 0 Å². The number of fused-ring (bicyclic) bond motifs is 5. The third-order valence-corrected chi connectivity index (χ3v) is 16.5. The van der Waals surface area contributed by atoms with Gasteiger partial charge in [-0.05, 0) is 93.5 Å². The highest BCUT2D eigenvalue weighted by Crippen LogP contribution is 2.67. The zero-order valence-corrected chi connectivity index (χ0v) is 38.3. The Hall–Kier alpha value is -1.24. The minimum Gasteiger partial charge on any atom is -0.393 e. The molecule has 57 heavy (non-hydrogen) atoms. The van der Waals surface area contributed by atoms with Crippen molar-refractivity contribution in [2.75, 3.05) is 33.2 Å². The highest BCUT2D eigenvalue weighted by molar-refractivity contribution is 5.91. The van der Waals surface area contributed by atoms with E-state index in [9.17, 15) is 19.8 Å². The van der Waals surface area contributed by atoms with Gasteiger partial charge in [0.15, 0.2) is 5.78 Å². The van der Waals surface area contributed by atoms with Gasteiger partial charge in [0, 0.05) is 11.8 Å². The van der Waals surface area contributed by atoms with Crippen molar-refractivity contribution in [3.8, 4) is 0 Å². The number of amides is 1. The number of likely N-dealkylation sites (N-methyl/N-ethyl adjacent to an activating group) is 1. The average molecular weight is 798 g/mol. The fourth-order valence-electron chi connectivity index (χ4n) is 12.7. The van der Waals surface area contributed by atoms with Crippen molar-refractivity contribution < 1.29 is 24.3 Å². The van der Waals surface area contributed by atoms with Gasteiger partial charge < -0.3 is 20.0 Å². The number of nitrogens with one attached hydrogen (secondary N) is 1. The van der Waals surface area contributed by atoms with Crippen molar-refractivity contribution in [3.05, 3.63) is 11.6 Å². The third-order valence-electron chi connectivity index (χ3n) is 16.5. The standard InChI is InChI=1S/C51H92N2O4/c1-6-8-10-12-14-16-18-20-22-24-26-28-37-53(5,38-29-27-25-23-21-19-17-15-13-11-9-7-2)39-36-52-48(56)51(57)35-33-45-44-31-30-42-40-43(54)32-34-49(42,3)47(44)46(55)41-50(45,51)4/h40,44-47,55,57H,6-39,41H2,1-5H3/p+1/t44-,45-,46-,47+,49-,50-,51-/m0/s1. The molecule has 0 aromatic heterocycles. The predicted molar refractivity (Wildman–Crippen MR) is 239 cm³/mol. The Kier molecular flexibility index (Phi) is 20.6. The van der Waals surface area contributed by atoms with Gasteiger partial charge in [-0.2, -0.15) is 0 Å². The number of carbonyl (C=O) groups is 2. The number of hydrogen-bond acceptors (Lipinski definition) is 4. The van der Waals surface area contributed by atoms with Crippen molar-refractivity contribution in [2.45, 2.75) is 238 Å². The molecule has 0 spiro atoms. The SMILES string of the molecule is CCCCCCCCCCCCCC[N+](C)(CCCCCCCCCCCCCC)CCNC(=O)[C@@]1(O)CC[C@H]2[C@@H]3CCC4=CC(=O)CC[C@]4(C)[C@H]3[C@@H](O)C[C@@]21C. The molecule has 6 nitrogen and oxygen atoms in total. The summed E-state index contributed by atoms with van der Waals surface area (Å²) in [5.41, 5.74) is -1.05. The predicted octanol–water partition coefficient (Wildman–Crippen LogP) is 12.2. The van der Waals surface area contributed by atoms with E-state index < -0.39 is 17.1 Å². The smallest absolute Gasteiger partial charge is 0.252 e. The summed E-state index contributed by atoms with van der Waals surface area (Å²) in [4.78, 5) is 26.5. The number of aliphatic hydroxyl groups excluding tert-OH is 1. The summed E-state index contributed by atoms with van der Waals surface area (Å²) in [5, 5.41) is 27.5. The Bertz CT molecular complexity index is 1190. The second kappa shape index (κ2) is 24.3. The van der Waals surface area contributed by atoms with Crippen LogP contribution in [0.15, 0.2) is 11.6 Å². The number of quaternary nitrogens is 1. The van der Waals surface area contributed by atoms with Crippen LogP contribution in [0.3, 0.4) is 0 Å². The Labute approximate surface area is 352 Å². The van der Waals surface area contributed by atoms with Crippen LogP contribution in [0.4, 0.5) is 0 Å². The van der Waals surface area contributed by atoms with Gasteiger partial charge in [-0.3, -0.25) is 9.59 Å². The first kappa shape index (κ1) is 48.4. The Morgan fingerprint density at radius 2 is 1.18 bits per heavy atom. The highest BCUT2D eigenvalue weighted by atomic mass is 16.3. The topological polar surface area (TPSA) is 86.6 Å². The molecule has 0 heterocycles. The summed E-state index contributed by atoms with van der Waals surface area (Å²) in [6.45, 7) is 12.8. The lowest BCUT2D eigenvalue weighted by molar-refractivity contribution is -0.908. The number of allylic oxidation sites excluding steroid dienone is 1. The van der Waals surface area contributed by atoms with Gasteiger partial charge in [0.25, 0.3) is 5.91 Å². The fraction of sp³-hybridized carbons (Fsp3) is 0.922. The monoisotopic (exact) mass is 798 g/mol. The van der Waals surface area contributed by atoms with Crippen molar-refractivity contribution in [2.24, 2.45) is 28.6 Å². The Morgan fingerprint density at radius 1 is 0.702 bits per heavy atom. The van der Waals surface area contributed by atoms with Crippen LogP contribution in [0.5, 0.6) is 0 Å². The van der Waals surface area contributed by atoms with Crippen LogP contribution in [0.1, 0.15) is 227 Å². The fourth-order valence-corrected chi connectivity index (χ4v) is 12.7. The normalized spacial score (nSPS) is 29.8. The van der Waals surface area contributed by atoms with Crippen molar-refractivity contribution in [1.29, 1.82) is 0 Å². The quantitative estimate of drug-likeness (QED) is 0.0499. The molecule has 0 radical (unpaired) electrons. The van der Waals surface area contributed by atoms with Crippen molar-refractivity contribution in [1.82, 2.24) is 5.32 Å². The van der Waals surface area contributed by atoms with E-state index in [-0.39, 0.29) is 34.9 Å². The molecule has 4 aliphatic carbocycles. The molecule has 7 atom stereocenters. The van der Waals surface area contributed by atoms with Gasteiger partial charge in [0.2, 0.25) is 0 Å². The molecule has 3 fully saturated rings. The maximum atomic E-state index is 14.2. The number of carbonyl (C=O) groups excluding carboxylic acids is 2. The van der Waals surface area contributed by atoms with E-state index in [0.29, 0.717) is 25.8 Å². The maximum Gasteiger partial charge on any atom is 0.252 e. The first-order chi connectivity index (χ1) is 27.4. The molecule has 0 aromatic carbocycles. The van der Waals surface area contributed by atoms with Gasteiger partial charge in [-0.15, -0.1) is 0 Å². The minimum absolute atomic E-state index is 0.0905. The summed E-state index contributed by atoms with van der Waals surface area (Å²) in [6.07, 6.45) is 38.9. The third kappa shape index (κ3) is 13.4. The van der Waals surface area contributed by atoms with Crippen LogP contribution in [0.2, 0.25) is 0 Å². The second-order valence-corrected chi connectivity index (χ2v) is 20.8. The Morgan fingerprint density at radius 3 is 1.67 bits per heavy atom. The largest absolute Gasteiger partial charge is 0.393 e. The van der Waals surface area contributed by atoms with E-state index in [4.69, 9.17) is 0 Å². The van der Waals surface area contributed by atoms with Crippen LogP contribution in [-0.2, 0) is 9.59 Å². The molecule has 4 aliphatic rings. The number of unbranched alkanes of at least 4 members (excludes halogenated alkanes) is 22. The number of hydrogen-bond donors (Lipinski definition) is 3. The zero-order valence-electron chi connectivity index (χ0n) is 38.3. The van der Waals surface area contributed by atoms with E-state index in [0.717, 1.165) is 49.8 Å². The molecular formula is C51H93N2O4+. The highest BCUT2D eigenvalue weighted by Gasteiger charge is 2.68. The van der Waals surface area contributed by atoms with E-state index in [1.807, 2.05) is 6.08 Å². The summed E-state index contributed by atoms with van der Waals surface area (Å²) < 4.78 is 0.994. The molecule has 6 heteroatoms. The molecule has 0 aliphatic heterocycles. The number of rotatable bonds is 30. The zero-order chi connectivity index (χ0) is 41.2. The van der Waals surface area contributed by atoms with Crippen molar-refractivity contribution >= 4 is 11.7 Å².